The van der Waals surface area contributed by atoms with Crippen molar-refractivity contribution in [1.29, 1.82) is 0 Å². The van der Waals surface area contributed by atoms with Gasteiger partial charge in [-0.1, -0.05) is 227 Å². The summed E-state index contributed by atoms with van der Waals surface area (Å²) in [5.41, 5.74) is 0. The maximum absolute atomic E-state index is 12.7. The van der Waals surface area contributed by atoms with Gasteiger partial charge in [-0.15, -0.1) is 0 Å². The lowest BCUT2D eigenvalue weighted by molar-refractivity contribution is -0.167. The minimum absolute atomic E-state index is 0.0641. The van der Waals surface area contributed by atoms with E-state index in [9.17, 15) is 14.4 Å². The number of rotatable bonds is 43. The molecule has 0 unspecified atom stereocenters. The van der Waals surface area contributed by atoms with Crippen molar-refractivity contribution in [2.45, 2.75) is 271 Å². The van der Waals surface area contributed by atoms with E-state index in [0.717, 1.165) is 63.7 Å². The fourth-order valence-electron chi connectivity index (χ4n) is 7.16. The molecule has 0 heterocycles. The molecule has 0 aromatic heterocycles. The molecule has 320 valence electrons. The minimum Gasteiger partial charge on any atom is -0.462 e. The van der Waals surface area contributed by atoms with Crippen molar-refractivity contribution in [3.63, 3.8) is 0 Å². The average Bonchev–Trinajstić information content (AvgIpc) is 3.15. The molecule has 54 heavy (non-hydrogen) atoms. The van der Waals surface area contributed by atoms with Crippen LogP contribution in [0.2, 0.25) is 0 Å². The second-order valence-electron chi connectivity index (χ2n) is 16.9. The molecule has 0 aromatic rings. The second kappa shape index (κ2) is 42.6. The zero-order valence-electron chi connectivity index (χ0n) is 36.7. The molecule has 6 heteroatoms. The van der Waals surface area contributed by atoms with Crippen molar-refractivity contribution >= 4 is 17.9 Å². The van der Waals surface area contributed by atoms with Gasteiger partial charge in [-0.2, -0.15) is 0 Å². The van der Waals surface area contributed by atoms with Gasteiger partial charge < -0.3 is 14.2 Å². The molecule has 0 N–H and O–H groups in total. The van der Waals surface area contributed by atoms with Crippen molar-refractivity contribution in [3.05, 3.63) is 0 Å². The van der Waals surface area contributed by atoms with Crippen LogP contribution in [0.4, 0.5) is 0 Å². The van der Waals surface area contributed by atoms with Crippen LogP contribution in [0.25, 0.3) is 0 Å². The lowest BCUT2D eigenvalue weighted by Gasteiger charge is -2.18. The van der Waals surface area contributed by atoms with E-state index in [-0.39, 0.29) is 31.1 Å². The Bertz CT molecular complexity index is 811. The van der Waals surface area contributed by atoms with E-state index in [1.165, 1.54) is 161 Å². The standard InChI is InChI=1S/C48H92O6/c1-5-7-9-11-13-15-17-19-21-23-25-27-33-37-41-48(51)54-45(43-53-47(50)40-36-32-29-28-30-34-38-44(3)4)42-52-46(49)39-35-31-26-24-22-20-18-16-14-12-10-8-6-2/h44-45H,5-43H2,1-4H3/t45-/m0/s1. The van der Waals surface area contributed by atoms with Gasteiger partial charge >= 0.3 is 17.9 Å². The third-order valence-electron chi connectivity index (χ3n) is 10.8. The van der Waals surface area contributed by atoms with Crippen molar-refractivity contribution in [2.24, 2.45) is 5.92 Å². The summed E-state index contributed by atoms with van der Waals surface area (Å²) in [4.78, 5) is 37.7. The van der Waals surface area contributed by atoms with Gasteiger partial charge in [-0.05, 0) is 25.2 Å². The summed E-state index contributed by atoms with van der Waals surface area (Å²) in [6, 6.07) is 0. The summed E-state index contributed by atoms with van der Waals surface area (Å²) in [6.07, 6.45) is 42.4. The Morgan fingerprint density at radius 2 is 0.611 bits per heavy atom. The van der Waals surface area contributed by atoms with E-state index >= 15 is 0 Å². The number of hydrogen-bond donors (Lipinski definition) is 0. The Hall–Kier alpha value is -1.59. The molecule has 1 atom stereocenters. The number of carbonyl (C=O) groups excluding carboxylic acids is 3. The summed E-state index contributed by atoms with van der Waals surface area (Å²) in [5, 5.41) is 0. The van der Waals surface area contributed by atoms with Crippen molar-refractivity contribution in [2.75, 3.05) is 13.2 Å². The molecular weight excluding hydrogens is 673 g/mol. The Morgan fingerprint density at radius 3 is 0.907 bits per heavy atom. The molecular formula is C48H92O6. The average molecular weight is 765 g/mol. The number of unbranched alkanes of at least 4 members (excludes halogenated alkanes) is 30. The van der Waals surface area contributed by atoms with Crippen LogP contribution in [0.15, 0.2) is 0 Å². The highest BCUT2D eigenvalue weighted by Gasteiger charge is 2.19. The van der Waals surface area contributed by atoms with Crippen molar-refractivity contribution in [3.8, 4) is 0 Å². The Morgan fingerprint density at radius 1 is 0.352 bits per heavy atom. The van der Waals surface area contributed by atoms with E-state index in [1.54, 1.807) is 0 Å². The van der Waals surface area contributed by atoms with Gasteiger partial charge in [0.05, 0.1) is 0 Å². The first-order valence-corrected chi connectivity index (χ1v) is 23.9. The summed E-state index contributed by atoms with van der Waals surface area (Å²) in [6.45, 7) is 8.94. The van der Waals surface area contributed by atoms with Crippen LogP contribution in [0, 0.1) is 5.92 Å². The summed E-state index contributed by atoms with van der Waals surface area (Å²) in [5.74, 6) is -0.0912. The Balaban J connectivity index is 4.30. The van der Waals surface area contributed by atoms with Gasteiger partial charge in [-0.25, -0.2) is 0 Å². The van der Waals surface area contributed by atoms with Gasteiger partial charge in [0.1, 0.15) is 13.2 Å². The normalized spacial score (nSPS) is 11.9. The summed E-state index contributed by atoms with van der Waals surface area (Å²) >= 11 is 0. The lowest BCUT2D eigenvalue weighted by atomic mass is 10.0. The van der Waals surface area contributed by atoms with Crippen LogP contribution in [-0.2, 0) is 28.6 Å². The lowest BCUT2D eigenvalue weighted by Crippen LogP contribution is -2.30. The highest BCUT2D eigenvalue weighted by molar-refractivity contribution is 5.71. The first-order valence-electron chi connectivity index (χ1n) is 23.9. The highest BCUT2D eigenvalue weighted by atomic mass is 16.6. The number of ether oxygens (including phenoxy) is 3. The maximum Gasteiger partial charge on any atom is 0.306 e. The largest absolute Gasteiger partial charge is 0.462 e. The Labute approximate surface area is 336 Å². The molecule has 0 saturated carbocycles. The zero-order chi connectivity index (χ0) is 39.6. The molecule has 0 aliphatic heterocycles. The van der Waals surface area contributed by atoms with E-state index in [1.807, 2.05) is 0 Å². The van der Waals surface area contributed by atoms with Crippen molar-refractivity contribution in [1.82, 2.24) is 0 Å². The monoisotopic (exact) mass is 765 g/mol. The smallest absolute Gasteiger partial charge is 0.306 e. The van der Waals surface area contributed by atoms with Gasteiger partial charge in [0, 0.05) is 19.3 Å². The number of esters is 3. The topological polar surface area (TPSA) is 78.9 Å². The molecule has 0 fully saturated rings. The van der Waals surface area contributed by atoms with Gasteiger partial charge in [0.2, 0.25) is 0 Å². The fraction of sp³-hybridized carbons (Fsp3) is 0.938. The van der Waals surface area contributed by atoms with E-state index in [0.29, 0.717) is 19.3 Å². The van der Waals surface area contributed by atoms with Crippen LogP contribution in [0.3, 0.4) is 0 Å². The molecule has 0 saturated heterocycles. The maximum atomic E-state index is 12.7. The third kappa shape index (κ3) is 41.6. The number of hydrogen-bond acceptors (Lipinski definition) is 6. The Kier molecular flexibility index (Phi) is 41.3. The molecule has 0 rings (SSSR count). The van der Waals surface area contributed by atoms with Gasteiger partial charge in [-0.3, -0.25) is 14.4 Å². The molecule has 0 aromatic carbocycles. The third-order valence-corrected chi connectivity index (χ3v) is 10.8. The van der Waals surface area contributed by atoms with E-state index in [4.69, 9.17) is 14.2 Å². The minimum atomic E-state index is -0.760. The molecule has 0 aliphatic rings. The van der Waals surface area contributed by atoms with Gasteiger partial charge in [0.25, 0.3) is 0 Å². The summed E-state index contributed by atoms with van der Waals surface area (Å²) in [7, 11) is 0. The predicted octanol–water partition coefficient (Wildman–Crippen LogP) is 15.1. The van der Waals surface area contributed by atoms with Crippen LogP contribution < -0.4 is 0 Å². The van der Waals surface area contributed by atoms with Crippen molar-refractivity contribution < 1.29 is 28.6 Å². The number of carbonyl (C=O) groups is 3. The molecule has 0 aliphatic carbocycles. The van der Waals surface area contributed by atoms with E-state index in [2.05, 4.69) is 27.7 Å². The second-order valence-corrected chi connectivity index (χ2v) is 16.9. The van der Waals surface area contributed by atoms with Crippen LogP contribution in [0.1, 0.15) is 265 Å². The molecule has 0 amide bonds. The van der Waals surface area contributed by atoms with Crippen LogP contribution in [-0.4, -0.2) is 37.2 Å². The molecule has 0 radical (unpaired) electrons. The quantitative estimate of drug-likeness (QED) is 0.0349. The first-order chi connectivity index (χ1) is 26.4. The zero-order valence-corrected chi connectivity index (χ0v) is 36.7. The van der Waals surface area contributed by atoms with E-state index < -0.39 is 6.10 Å². The predicted molar refractivity (Wildman–Crippen MR) is 229 cm³/mol. The highest BCUT2D eigenvalue weighted by Crippen LogP contribution is 2.16. The molecule has 0 bridgehead atoms. The summed E-state index contributed by atoms with van der Waals surface area (Å²) < 4.78 is 16.7. The first kappa shape index (κ1) is 52.4. The van der Waals surface area contributed by atoms with Gasteiger partial charge in [0.15, 0.2) is 6.10 Å². The fourth-order valence-corrected chi connectivity index (χ4v) is 7.16. The van der Waals surface area contributed by atoms with Crippen LogP contribution >= 0.6 is 0 Å². The molecule has 0 spiro atoms. The molecule has 6 nitrogen and oxygen atoms in total. The SMILES string of the molecule is CCCCCCCCCCCCCCCCC(=O)O[C@@H](COC(=O)CCCCCCCCCCCCCCC)COC(=O)CCCCCCCCC(C)C. The van der Waals surface area contributed by atoms with Crippen LogP contribution in [0.5, 0.6) is 0 Å².